The van der Waals surface area contributed by atoms with E-state index in [-0.39, 0.29) is 17.1 Å². The summed E-state index contributed by atoms with van der Waals surface area (Å²) in [5, 5.41) is 5.72. The van der Waals surface area contributed by atoms with Crippen LogP contribution in [0, 0.1) is 0 Å². The van der Waals surface area contributed by atoms with Gasteiger partial charge in [0, 0.05) is 35.9 Å². The highest BCUT2D eigenvalue weighted by Gasteiger charge is 2.23. The van der Waals surface area contributed by atoms with Gasteiger partial charge in [-0.2, -0.15) is 0 Å². The minimum absolute atomic E-state index is 0.0384. The summed E-state index contributed by atoms with van der Waals surface area (Å²) in [6.07, 6.45) is 5.43. The maximum absolute atomic E-state index is 12.6. The molecule has 1 aliphatic heterocycles. The Morgan fingerprint density at radius 1 is 1.25 bits per heavy atom. The van der Waals surface area contributed by atoms with Gasteiger partial charge < -0.3 is 15.2 Å². The first-order valence-electron chi connectivity index (χ1n) is 9.02. The third-order valence-corrected chi connectivity index (χ3v) is 5.82. The quantitative estimate of drug-likeness (QED) is 0.699. The number of hydrogen-bond donors (Lipinski definition) is 2. The van der Waals surface area contributed by atoms with Crippen LogP contribution in [0.1, 0.15) is 28.4 Å². The molecular weight excluding hydrogens is 372 g/mol. The molecule has 2 N–H and O–H groups in total. The summed E-state index contributed by atoms with van der Waals surface area (Å²) in [6, 6.07) is 13.4. The topological polar surface area (TPSA) is 76.0 Å². The number of nitrogens with zero attached hydrogens (tertiary/aromatic N) is 2. The van der Waals surface area contributed by atoms with Crippen molar-refractivity contribution in [2.75, 3.05) is 5.32 Å². The summed E-state index contributed by atoms with van der Waals surface area (Å²) in [6.45, 7) is 3.00. The second kappa shape index (κ2) is 7.90. The molecule has 0 saturated heterocycles. The number of hydrogen-bond acceptors (Lipinski definition) is 4. The molecule has 2 heterocycles. The van der Waals surface area contributed by atoms with Crippen LogP contribution >= 0.6 is 11.8 Å². The molecule has 0 radical (unpaired) electrons. The van der Waals surface area contributed by atoms with Gasteiger partial charge in [-0.3, -0.25) is 9.59 Å². The van der Waals surface area contributed by atoms with Crippen molar-refractivity contribution >= 4 is 29.3 Å². The highest BCUT2D eigenvalue weighted by Crippen LogP contribution is 2.35. The van der Waals surface area contributed by atoms with Gasteiger partial charge in [0.05, 0.1) is 17.3 Å². The lowest BCUT2D eigenvalue weighted by Gasteiger charge is -2.21. The molecule has 0 saturated carbocycles. The highest BCUT2D eigenvalue weighted by atomic mass is 32.2. The van der Waals surface area contributed by atoms with E-state index in [0.29, 0.717) is 24.3 Å². The molecule has 3 aromatic rings. The van der Waals surface area contributed by atoms with Crippen LogP contribution in [0.4, 0.5) is 5.69 Å². The van der Waals surface area contributed by atoms with Crippen LogP contribution in [0.15, 0.2) is 66.1 Å². The molecule has 142 valence electrons. The fourth-order valence-electron chi connectivity index (χ4n) is 3.09. The summed E-state index contributed by atoms with van der Waals surface area (Å²) in [4.78, 5) is 29.6. The van der Waals surface area contributed by atoms with Crippen LogP contribution in [0.5, 0.6) is 0 Å². The van der Waals surface area contributed by atoms with Gasteiger partial charge >= 0.3 is 0 Å². The Morgan fingerprint density at radius 3 is 2.86 bits per heavy atom. The number of benzene rings is 2. The van der Waals surface area contributed by atoms with E-state index in [4.69, 9.17) is 0 Å². The molecule has 6 nitrogen and oxygen atoms in total. The van der Waals surface area contributed by atoms with Crippen molar-refractivity contribution in [3.8, 4) is 0 Å². The number of imidazole rings is 1. The van der Waals surface area contributed by atoms with Gasteiger partial charge in [0.15, 0.2) is 0 Å². The average Bonchev–Trinajstić information content (AvgIpc) is 3.21. The van der Waals surface area contributed by atoms with E-state index in [9.17, 15) is 9.59 Å². The predicted molar refractivity (Wildman–Crippen MR) is 109 cm³/mol. The minimum Gasteiger partial charge on any atom is -0.348 e. The Balaban J connectivity index is 1.45. The molecule has 7 heteroatoms. The Labute approximate surface area is 167 Å². The number of nitrogens with one attached hydrogen (secondary N) is 2. The molecule has 2 amide bonds. The number of anilines is 1. The first-order valence-corrected chi connectivity index (χ1v) is 9.90. The van der Waals surface area contributed by atoms with Crippen molar-refractivity contribution in [1.29, 1.82) is 0 Å². The van der Waals surface area contributed by atoms with E-state index in [2.05, 4.69) is 15.6 Å². The third kappa shape index (κ3) is 3.94. The highest BCUT2D eigenvalue weighted by molar-refractivity contribution is 8.00. The smallest absolute Gasteiger partial charge is 0.251 e. The van der Waals surface area contributed by atoms with Crippen molar-refractivity contribution < 1.29 is 9.59 Å². The molecule has 1 aromatic heterocycles. The van der Waals surface area contributed by atoms with E-state index in [1.807, 2.05) is 48.0 Å². The molecule has 4 rings (SSSR count). The summed E-state index contributed by atoms with van der Waals surface area (Å²) in [5.41, 5.74) is 3.41. The zero-order chi connectivity index (χ0) is 19.5. The summed E-state index contributed by atoms with van der Waals surface area (Å²) in [7, 11) is 0. The predicted octanol–water partition coefficient (Wildman–Crippen LogP) is 3.29. The van der Waals surface area contributed by atoms with Gasteiger partial charge in [-0.15, -0.1) is 11.8 Å². The van der Waals surface area contributed by atoms with Crippen molar-refractivity contribution in [2.45, 2.75) is 30.2 Å². The normalized spacial score (nSPS) is 15.6. The second-order valence-electron chi connectivity index (χ2n) is 6.65. The molecular formula is C21H20N4O2S. The maximum Gasteiger partial charge on any atom is 0.251 e. The zero-order valence-electron chi connectivity index (χ0n) is 15.4. The number of rotatable bonds is 5. The van der Waals surface area contributed by atoms with Crippen LogP contribution in [0.3, 0.4) is 0 Å². The van der Waals surface area contributed by atoms with Crippen LogP contribution in [0.2, 0.25) is 0 Å². The van der Waals surface area contributed by atoms with Crippen molar-refractivity contribution in [3.05, 3.63) is 77.9 Å². The SMILES string of the molecule is C[C@H]1Sc2ccc(C(=O)NCc3ccccc3Cn3ccnc3)cc2NC1=O. The second-order valence-corrected chi connectivity index (χ2v) is 8.03. The largest absolute Gasteiger partial charge is 0.348 e. The number of amides is 2. The number of thioether (sulfide) groups is 1. The van der Waals surface area contributed by atoms with Gasteiger partial charge in [0.2, 0.25) is 5.91 Å². The monoisotopic (exact) mass is 392 g/mol. The average molecular weight is 392 g/mol. The minimum atomic E-state index is -0.168. The van der Waals surface area contributed by atoms with Crippen molar-refractivity contribution in [1.82, 2.24) is 14.9 Å². The molecule has 28 heavy (non-hydrogen) atoms. The van der Waals surface area contributed by atoms with E-state index in [0.717, 1.165) is 16.0 Å². The van der Waals surface area contributed by atoms with Crippen LogP contribution in [-0.4, -0.2) is 26.6 Å². The lowest BCUT2D eigenvalue weighted by Crippen LogP contribution is -2.27. The molecule has 0 bridgehead atoms. The molecule has 1 aliphatic rings. The van der Waals surface area contributed by atoms with E-state index < -0.39 is 0 Å². The lowest BCUT2D eigenvalue weighted by atomic mass is 10.1. The van der Waals surface area contributed by atoms with E-state index >= 15 is 0 Å². The van der Waals surface area contributed by atoms with Gasteiger partial charge in [-0.1, -0.05) is 24.3 Å². The third-order valence-electron chi connectivity index (χ3n) is 4.64. The first-order chi connectivity index (χ1) is 13.6. The zero-order valence-corrected chi connectivity index (χ0v) is 16.2. The number of carbonyl (C=O) groups excluding carboxylic acids is 2. The fraction of sp³-hybridized carbons (Fsp3) is 0.190. The Bertz CT molecular complexity index is 1020. The van der Waals surface area contributed by atoms with E-state index in [1.54, 1.807) is 24.7 Å². The number of fused-ring (bicyclic) bond motifs is 1. The van der Waals surface area contributed by atoms with Crippen LogP contribution < -0.4 is 10.6 Å². The van der Waals surface area contributed by atoms with Gasteiger partial charge in [-0.05, 0) is 36.2 Å². The number of aromatic nitrogens is 2. The summed E-state index contributed by atoms with van der Waals surface area (Å²) >= 11 is 1.50. The lowest BCUT2D eigenvalue weighted by molar-refractivity contribution is -0.115. The molecule has 0 spiro atoms. The Hall–Kier alpha value is -3.06. The molecule has 0 fully saturated rings. The van der Waals surface area contributed by atoms with Crippen LogP contribution in [0.25, 0.3) is 0 Å². The first kappa shape index (κ1) is 18.3. The maximum atomic E-state index is 12.6. The molecule has 2 aromatic carbocycles. The summed E-state index contributed by atoms with van der Waals surface area (Å²) < 4.78 is 1.99. The van der Waals surface area contributed by atoms with Gasteiger partial charge in [0.25, 0.3) is 5.91 Å². The molecule has 1 atom stereocenters. The van der Waals surface area contributed by atoms with E-state index in [1.165, 1.54) is 11.8 Å². The molecule has 0 aliphatic carbocycles. The standard InChI is InChI=1S/C21H20N4O2S/c1-14-20(26)24-18-10-15(6-7-19(18)28-14)21(27)23-11-16-4-2-3-5-17(16)12-25-9-8-22-13-25/h2-10,13-14H,11-12H2,1H3,(H,23,27)(H,24,26)/t14-/m1/s1. The molecule has 0 unspecified atom stereocenters. The van der Waals surface area contributed by atoms with Gasteiger partial charge in [0.1, 0.15) is 0 Å². The number of carbonyl (C=O) groups is 2. The Morgan fingerprint density at radius 2 is 2.07 bits per heavy atom. The summed E-state index contributed by atoms with van der Waals surface area (Å²) in [5.74, 6) is -0.207. The van der Waals surface area contributed by atoms with Gasteiger partial charge in [-0.25, -0.2) is 4.98 Å². The van der Waals surface area contributed by atoms with Crippen LogP contribution in [-0.2, 0) is 17.9 Å². The fourth-order valence-corrected chi connectivity index (χ4v) is 4.02. The Kier molecular flexibility index (Phi) is 5.16. The van der Waals surface area contributed by atoms with Crippen molar-refractivity contribution in [2.24, 2.45) is 0 Å². The van der Waals surface area contributed by atoms with Crippen molar-refractivity contribution in [3.63, 3.8) is 0 Å².